The van der Waals surface area contributed by atoms with Crippen LogP contribution >= 0.6 is 0 Å². The van der Waals surface area contributed by atoms with E-state index in [0.29, 0.717) is 11.2 Å². The summed E-state index contributed by atoms with van der Waals surface area (Å²) in [6, 6.07) is 5.21. The average molecular weight is 253 g/mol. The third-order valence-corrected chi connectivity index (χ3v) is 2.64. The molecule has 3 heterocycles. The fourth-order valence-electron chi connectivity index (χ4n) is 1.85. The molecule has 0 aliphatic heterocycles. The van der Waals surface area contributed by atoms with Gasteiger partial charge in [-0.1, -0.05) is 0 Å². The first kappa shape index (κ1) is 11.3. The van der Waals surface area contributed by atoms with Gasteiger partial charge in [-0.05, 0) is 25.1 Å². The number of fused-ring (bicyclic) bond motifs is 1. The lowest BCUT2D eigenvalue weighted by Crippen LogP contribution is -2.15. The second-order valence-electron chi connectivity index (χ2n) is 4.06. The quantitative estimate of drug-likeness (QED) is 0.754. The van der Waals surface area contributed by atoms with Gasteiger partial charge in [-0.3, -0.25) is 10.1 Å². The van der Waals surface area contributed by atoms with Crippen LogP contribution < -0.4 is 5.32 Å². The first-order valence-corrected chi connectivity index (χ1v) is 5.77. The predicted octanol–water partition coefficient (Wildman–Crippen LogP) is 1.69. The largest absolute Gasteiger partial charge is 0.306 e. The van der Waals surface area contributed by atoms with E-state index in [2.05, 4.69) is 20.3 Å². The molecule has 3 aromatic heterocycles. The summed E-state index contributed by atoms with van der Waals surface area (Å²) in [5, 5.41) is 2.65. The Hall–Kier alpha value is -2.76. The van der Waals surface area contributed by atoms with E-state index in [0.717, 1.165) is 5.69 Å². The lowest BCUT2D eigenvalue weighted by atomic mass is 10.2. The molecule has 0 aliphatic carbocycles. The van der Waals surface area contributed by atoms with E-state index >= 15 is 0 Å². The van der Waals surface area contributed by atoms with E-state index < -0.39 is 0 Å². The lowest BCUT2D eigenvalue weighted by Gasteiger charge is -2.04. The molecular weight excluding hydrogens is 242 g/mol. The SMILES string of the molecule is Cc1cn2cccc(C(=O)Nc3ncccn3)c2n1. The fourth-order valence-corrected chi connectivity index (χ4v) is 1.85. The standard InChI is InChI=1S/C13H11N5O/c1-9-8-18-7-2-4-10(11(18)16-9)12(19)17-13-14-5-3-6-15-13/h2-8H,1H3,(H,14,15,17,19). The number of hydrogen-bond donors (Lipinski definition) is 1. The van der Waals surface area contributed by atoms with Crippen LogP contribution in [0.4, 0.5) is 5.95 Å². The van der Waals surface area contributed by atoms with Gasteiger partial charge in [-0.2, -0.15) is 0 Å². The van der Waals surface area contributed by atoms with Gasteiger partial charge in [0.25, 0.3) is 5.91 Å². The number of amides is 1. The van der Waals surface area contributed by atoms with Crippen LogP contribution in [0.5, 0.6) is 0 Å². The van der Waals surface area contributed by atoms with Gasteiger partial charge in [0.2, 0.25) is 5.95 Å². The molecule has 0 spiro atoms. The van der Waals surface area contributed by atoms with Crippen molar-refractivity contribution in [2.45, 2.75) is 6.92 Å². The second-order valence-corrected chi connectivity index (χ2v) is 4.06. The number of carbonyl (C=O) groups excluding carboxylic acids is 1. The van der Waals surface area contributed by atoms with Crippen molar-refractivity contribution in [3.8, 4) is 0 Å². The minimum atomic E-state index is -0.276. The van der Waals surface area contributed by atoms with Gasteiger partial charge in [-0.15, -0.1) is 0 Å². The van der Waals surface area contributed by atoms with E-state index in [1.165, 1.54) is 0 Å². The van der Waals surface area contributed by atoms with E-state index in [1.54, 1.807) is 30.6 Å². The van der Waals surface area contributed by atoms with Gasteiger partial charge in [0, 0.05) is 24.8 Å². The van der Waals surface area contributed by atoms with Gasteiger partial charge in [0.15, 0.2) is 0 Å². The monoisotopic (exact) mass is 253 g/mol. The highest BCUT2D eigenvalue weighted by atomic mass is 16.1. The molecule has 1 N–H and O–H groups in total. The highest BCUT2D eigenvalue weighted by Crippen LogP contribution is 2.12. The summed E-state index contributed by atoms with van der Waals surface area (Å²) < 4.78 is 1.82. The summed E-state index contributed by atoms with van der Waals surface area (Å²) in [6.45, 7) is 1.88. The number of hydrogen-bond acceptors (Lipinski definition) is 4. The Morgan fingerprint density at radius 2 is 2.05 bits per heavy atom. The van der Waals surface area contributed by atoms with Crippen molar-refractivity contribution in [3.63, 3.8) is 0 Å². The van der Waals surface area contributed by atoms with Crippen LogP contribution in [-0.4, -0.2) is 25.3 Å². The first-order valence-electron chi connectivity index (χ1n) is 5.77. The summed E-state index contributed by atoms with van der Waals surface area (Å²) in [5.41, 5.74) is 1.97. The Morgan fingerprint density at radius 3 is 2.84 bits per heavy atom. The van der Waals surface area contributed by atoms with Crippen LogP contribution in [0.3, 0.4) is 0 Å². The third-order valence-electron chi connectivity index (χ3n) is 2.64. The Bertz CT molecular complexity index is 735. The third kappa shape index (κ3) is 2.15. The number of pyridine rings is 1. The molecule has 19 heavy (non-hydrogen) atoms. The minimum Gasteiger partial charge on any atom is -0.306 e. The van der Waals surface area contributed by atoms with Gasteiger partial charge >= 0.3 is 0 Å². The Labute approximate surface area is 109 Å². The van der Waals surface area contributed by atoms with Crippen molar-refractivity contribution in [2.75, 3.05) is 5.32 Å². The molecule has 1 amide bonds. The molecule has 6 heteroatoms. The molecule has 3 rings (SSSR count). The number of aryl methyl sites for hydroxylation is 1. The first-order chi connectivity index (χ1) is 9.24. The van der Waals surface area contributed by atoms with E-state index in [4.69, 9.17) is 0 Å². The van der Waals surface area contributed by atoms with Crippen LogP contribution in [0, 0.1) is 6.92 Å². The average Bonchev–Trinajstić information content (AvgIpc) is 2.79. The summed E-state index contributed by atoms with van der Waals surface area (Å²) >= 11 is 0. The van der Waals surface area contributed by atoms with Crippen LogP contribution in [0.2, 0.25) is 0 Å². The van der Waals surface area contributed by atoms with Crippen molar-refractivity contribution >= 4 is 17.5 Å². The van der Waals surface area contributed by atoms with Gasteiger partial charge in [0.1, 0.15) is 5.65 Å². The number of aromatic nitrogens is 4. The fraction of sp³-hybridized carbons (Fsp3) is 0.0769. The maximum Gasteiger partial charge on any atom is 0.261 e. The Balaban J connectivity index is 1.98. The van der Waals surface area contributed by atoms with Crippen LogP contribution in [-0.2, 0) is 0 Å². The van der Waals surface area contributed by atoms with Crippen molar-refractivity contribution in [1.82, 2.24) is 19.4 Å². The molecule has 0 unspecified atom stereocenters. The summed E-state index contributed by atoms with van der Waals surface area (Å²) in [5.74, 6) is 0.000168. The van der Waals surface area contributed by atoms with E-state index in [1.807, 2.05) is 23.7 Å². The molecule has 0 saturated heterocycles. The second kappa shape index (κ2) is 4.49. The Morgan fingerprint density at radius 1 is 1.26 bits per heavy atom. The smallest absolute Gasteiger partial charge is 0.261 e. The zero-order valence-electron chi connectivity index (χ0n) is 10.2. The van der Waals surface area contributed by atoms with Gasteiger partial charge < -0.3 is 4.40 Å². The molecule has 0 bridgehead atoms. The topological polar surface area (TPSA) is 72.2 Å². The van der Waals surface area contributed by atoms with Crippen LogP contribution in [0.15, 0.2) is 43.0 Å². The van der Waals surface area contributed by atoms with Crippen molar-refractivity contribution in [3.05, 3.63) is 54.2 Å². The van der Waals surface area contributed by atoms with Crippen molar-refractivity contribution in [1.29, 1.82) is 0 Å². The van der Waals surface area contributed by atoms with E-state index in [-0.39, 0.29) is 11.9 Å². The maximum absolute atomic E-state index is 12.2. The maximum atomic E-state index is 12.2. The number of nitrogens with one attached hydrogen (secondary N) is 1. The van der Waals surface area contributed by atoms with Crippen LogP contribution in [0.25, 0.3) is 5.65 Å². The molecule has 0 radical (unpaired) electrons. The molecule has 94 valence electrons. The normalized spacial score (nSPS) is 10.6. The molecule has 0 fully saturated rings. The number of imidazole rings is 1. The van der Waals surface area contributed by atoms with Crippen molar-refractivity contribution < 1.29 is 4.79 Å². The predicted molar refractivity (Wildman–Crippen MR) is 69.9 cm³/mol. The summed E-state index contributed by atoms with van der Waals surface area (Å²) in [6.07, 6.45) is 6.86. The minimum absolute atomic E-state index is 0.276. The lowest BCUT2D eigenvalue weighted by molar-refractivity contribution is 0.102. The molecule has 6 nitrogen and oxygen atoms in total. The van der Waals surface area contributed by atoms with Gasteiger partial charge in [0.05, 0.1) is 11.3 Å². The van der Waals surface area contributed by atoms with Gasteiger partial charge in [-0.25, -0.2) is 15.0 Å². The Kier molecular flexibility index (Phi) is 2.68. The number of anilines is 1. The zero-order chi connectivity index (χ0) is 13.2. The molecule has 0 saturated carbocycles. The summed E-state index contributed by atoms with van der Waals surface area (Å²) in [7, 11) is 0. The number of carbonyl (C=O) groups is 1. The molecule has 3 aromatic rings. The number of nitrogens with zero attached hydrogens (tertiary/aromatic N) is 4. The summed E-state index contributed by atoms with van der Waals surface area (Å²) in [4.78, 5) is 24.4. The molecular formula is C13H11N5O. The highest BCUT2D eigenvalue weighted by Gasteiger charge is 2.13. The van der Waals surface area contributed by atoms with Crippen molar-refractivity contribution in [2.24, 2.45) is 0 Å². The zero-order valence-corrected chi connectivity index (χ0v) is 10.2. The molecule has 0 atom stereocenters. The molecule has 0 aliphatic rings. The molecule has 0 aromatic carbocycles. The van der Waals surface area contributed by atoms with E-state index in [9.17, 15) is 4.79 Å². The highest BCUT2D eigenvalue weighted by molar-refractivity contribution is 6.07. The van der Waals surface area contributed by atoms with Crippen LogP contribution in [0.1, 0.15) is 16.1 Å². The number of rotatable bonds is 2.